The van der Waals surface area contributed by atoms with Gasteiger partial charge in [0.15, 0.2) is 0 Å². The van der Waals surface area contributed by atoms with E-state index in [0.29, 0.717) is 23.9 Å². The standard InChI is InChI=1S/C16H15Br2NO4S/c1-3-5-23-14-11(17)7-10(8-12(14)18)9-13-15(20)19(4-6-22-2)16(21)24-13/h3,7-9H,1,4-6H2,2H3/b13-9-. The molecule has 2 rings (SSSR count). The summed E-state index contributed by atoms with van der Waals surface area (Å²) in [5, 5.41) is -0.285. The molecule has 0 N–H and O–H groups in total. The first-order chi connectivity index (χ1) is 11.5. The fourth-order valence-electron chi connectivity index (χ4n) is 1.97. The van der Waals surface area contributed by atoms with E-state index >= 15 is 0 Å². The van der Waals surface area contributed by atoms with Crippen LogP contribution in [0.4, 0.5) is 4.79 Å². The zero-order chi connectivity index (χ0) is 17.7. The van der Waals surface area contributed by atoms with Crippen LogP contribution >= 0.6 is 43.6 Å². The fraction of sp³-hybridized carbons (Fsp3) is 0.250. The third-order valence-electron chi connectivity index (χ3n) is 3.06. The van der Waals surface area contributed by atoms with Crippen LogP contribution in [0.25, 0.3) is 6.08 Å². The van der Waals surface area contributed by atoms with E-state index in [1.807, 2.05) is 12.1 Å². The van der Waals surface area contributed by atoms with Gasteiger partial charge in [-0.2, -0.15) is 0 Å². The van der Waals surface area contributed by atoms with Crippen LogP contribution in [-0.2, 0) is 9.53 Å². The third-order valence-corrected chi connectivity index (χ3v) is 5.14. The molecule has 1 aromatic carbocycles. The van der Waals surface area contributed by atoms with Crippen LogP contribution in [0.2, 0.25) is 0 Å². The number of amides is 2. The second-order valence-electron chi connectivity index (χ2n) is 4.74. The van der Waals surface area contributed by atoms with Crippen LogP contribution in [-0.4, -0.2) is 42.9 Å². The highest BCUT2D eigenvalue weighted by Crippen LogP contribution is 2.37. The van der Waals surface area contributed by atoms with Crippen molar-refractivity contribution in [2.75, 3.05) is 26.9 Å². The first-order valence-electron chi connectivity index (χ1n) is 6.95. The Kier molecular flexibility index (Phi) is 7.09. The van der Waals surface area contributed by atoms with Crippen LogP contribution in [0.1, 0.15) is 5.56 Å². The minimum atomic E-state index is -0.304. The number of carbonyl (C=O) groups excluding carboxylic acids is 2. The topological polar surface area (TPSA) is 55.8 Å². The molecule has 0 unspecified atom stereocenters. The van der Waals surface area contributed by atoms with Gasteiger partial charge in [-0.3, -0.25) is 14.5 Å². The van der Waals surface area contributed by atoms with Crippen molar-refractivity contribution in [3.05, 3.63) is 44.2 Å². The Balaban J connectivity index is 2.24. The zero-order valence-electron chi connectivity index (χ0n) is 12.9. The van der Waals surface area contributed by atoms with Gasteiger partial charge in [-0.1, -0.05) is 12.7 Å². The molecule has 5 nitrogen and oxygen atoms in total. The third kappa shape index (κ3) is 4.50. The second kappa shape index (κ2) is 8.84. The van der Waals surface area contributed by atoms with E-state index in [1.165, 1.54) is 12.0 Å². The second-order valence-corrected chi connectivity index (χ2v) is 7.44. The fourth-order valence-corrected chi connectivity index (χ4v) is 4.29. The number of hydrogen-bond donors (Lipinski definition) is 0. The maximum Gasteiger partial charge on any atom is 0.293 e. The van der Waals surface area contributed by atoms with Gasteiger partial charge in [0, 0.05) is 7.11 Å². The minimum Gasteiger partial charge on any atom is -0.487 e. The van der Waals surface area contributed by atoms with Crippen molar-refractivity contribution in [1.29, 1.82) is 0 Å². The lowest BCUT2D eigenvalue weighted by Crippen LogP contribution is -2.31. The maximum atomic E-state index is 12.3. The maximum absolute atomic E-state index is 12.3. The quantitative estimate of drug-likeness (QED) is 0.429. The molecule has 1 saturated heterocycles. The van der Waals surface area contributed by atoms with E-state index in [4.69, 9.17) is 9.47 Å². The smallest absolute Gasteiger partial charge is 0.293 e. The monoisotopic (exact) mass is 475 g/mol. The van der Waals surface area contributed by atoms with Gasteiger partial charge in [0.25, 0.3) is 11.1 Å². The van der Waals surface area contributed by atoms with Gasteiger partial charge < -0.3 is 9.47 Å². The van der Waals surface area contributed by atoms with Gasteiger partial charge in [-0.05, 0) is 67.4 Å². The lowest BCUT2D eigenvalue weighted by molar-refractivity contribution is -0.123. The molecule has 0 bridgehead atoms. The molecule has 8 heteroatoms. The molecule has 0 atom stereocenters. The van der Waals surface area contributed by atoms with Crippen molar-refractivity contribution < 1.29 is 19.1 Å². The molecule has 1 heterocycles. The Labute approximate surface area is 161 Å². The summed E-state index contributed by atoms with van der Waals surface area (Å²) < 4.78 is 12.0. The van der Waals surface area contributed by atoms with Crippen molar-refractivity contribution in [1.82, 2.24) is 4.90 Å². The predicted molar refractivity (Wildman–Crippen MR) is 102 cm³/mol. The Morgan fingerprint density at radius 2 is 1.96 bits per heavy atom. The van der Waals surface area contributed by atoms with E-state index in [0.717, 1.165) is 26.3 Å². The molecule has 0 saturated carbocycles. The first-order valence-corrected chi connectivity index (χ1v) is 9.35. The van der Waals surface area contributed by atoms with Gasteiger partial charge in [0.2, 0.25) is 0 Å². The highest BCUT2D eigenvalue weighted by Gasteiger charge is 2.34. The van der Waals surface area contributed by atoms with Crippen molar-refractivity contribution in [2.45, 2.75) is 0 Å². The SMILES string of the molecule is C=CCOc1c(Br)cc(/C=C2\SC(=O)N(CCOC)C2=O)cc1Br. The lowest BCUT2D eigenvalue weighted by Gasteiger charge is -2.11. The number of methoxy groups -OCH3 is 1. The molecule has 2 amide bonds. The molecular formula is C16H15Br2NO4S. The molecule has 0 aliphatic carbocycles. The molecule has 1 aliphatic rings. The lowest BCUT2D eigenvalue weighted by atomic mass is 10.2. The van der Waals surface area contributed by atoms with E-state index in [2.05, 4.69) is 38.4 Å². The Bertz CT molecular complexity index is 682. The molecule has 0 spiro atoms. The molecule has 1 fully saturated rings. The summed E-state index contributed by atoms with van der Waals surface area (Å²) in [7, 11) is 1.53. The molecule has 0 aromatic heterocycles. The number of thioether (sulfide) groups is 1. The van der Waals surface area contributed by atoms with Crippen molar-refractivity contribution in [2.24, 2.45) is 0 Å². The van der Waals surface area contributed by atoms with Crippen LogP contribution in [0, 0.1) is 0 Å². The summed E-state index contributed by atoms with van der Waals surface area (Å²) in [6, 6.07) is 3.65. The Morgan fingerprint density at radius 3 is 2.54 bits per heavy atom. The number of benzene rings is 1. The Morgan fingerprint density at radius 1 is 1.29 bits per heavy atom. The molecule has 1 aliphatic heterocycles. The van der Waals surface area contributed by atoms with Gasteiger partial charge >= 0.3 is 0 Å². The number of nitrogens with zero attached hydrogens (tertiary/aromatic N) is 1. The van der Waals surface area contributed by atoms with Crippen LogP contribution in [0.15, 0.2) is 38.6 Å². The summed E-state index contributed by atoms with van der Waals surface area (Å²) in [6.45, 7) is 4.57. The van der Waals surface area contributed by atoms with Gasteiger partial charge in [0.05, 0.1) is 27.0 Å². The average Bonchev–Trinajstić information content (AvgIpc) is 2.78. The van der Waals surface area contributed by atoms with Crippen molar-refractivity contribution in [3.63, 3.8) is 0 Å². The molecule has 1 aromatic rings. The number of hydrogen-bond acceptors (Lipinski definition) is 5. The highest BCUT2D eigenvalue weighted by molar-refractivity contribution is 9.11. The number of ether oxygens (including phenoxy) is 2. The Hall–Kier alpha value is -1.09. The number of halogens is 2. The highest BCUT2D eigenvalue weighted by atomic mass is 79.9. The van der Waals surface area contributed by atoms with E-state index in [9.17, 15) is 9.59 Å². The summed E-state index contributed by atoms with van der Waals surface area (Å²) in [4.78, 5) is 25.8. The van der Waals surface area contributed by atoms with Crippen LogP contribution in [0.3, 0.4) is 0 Å². The largest absolute Gasteiger partial charge is 0.487 e. The summed E-state index contributed by atoms with van der Waals surface area (Å²) >= 11 is 7.82. The van der Waals surface area contributed by atoms with Crippen molar-refractivity contribution in [3.8, 4) is 5.75 Å². The number of imide groups is 1. The molecule has 24 heavy (non-hydrogen) atoms. The summed E-state index contributed by atoms with van der Waals surface area (Å²) in [5.74, 6) is 0.349. The predicted octanol–water partition coefficient (Wildman–Crippen LogP) is 4.46. The van der Waals surface area contributed by atoms with Crippen LogP contribution in [0.5, 0.6) is 5.75 Å². The zero-order valence-corrected chi connectivity index (χ0v) is 16.9. The normalized spacial score (nSPS) is 16.1. The van der Waals surface area contributed by atoms with E-state index in [-0.39, 0.29) is 17.7 Å². The van der Waals surface area contributed by atoms with Gasteiger partial charge in [0.1, 0.15) is 12.4 Å². The number of rotatable bonds is 7. The number of carbonyl (C=O) groups is 2. The van der Waals surface area contributed by atoms with Gasteiger partial charge in [-0.15, -0.1) is 0 Å². The first kappa shape index (κ1) is 19.2. The summed E-state index contributed by atoms with van der Waals surface area (Å²) in [6.07, 6.45) is 3.34. The molecule has 0 radical (unpaired) electrons. The van der Waals surface area contributed by atoms with E-state index < -0.39 is 0 Å². The van der Waals surface area contributed by atoms with E-state index in [1.54, 1.807) is 12.2 Å². The average molecular weight is 477 g/mol. The van der Waals surface area contributed by atoms with Crippen molar-refractivity contribution >= 4 is 60.8 Å². The summed E-state index contributed by atoms with van der Waals surface area (Å²) in [5.41, 5.74) is 0.775. The molecular weight excluding hydrogens is 462 g/mol. The molecule has 128 valence electrons. The van der Waals surface area contributed by atoms with Crippen LogP contribution < -0.4 is 4.74 Å². The minimum absolute atomic E-state index is 0.250. The van der Waals surface area contributed by atoms with Gasteiger partial charge in [-0.25, -0.2) is 0 Å².